The first kappa shape index (κ1) is 17.9. The second-order valence-corrected chi connectivity index (χ2v) is 6.92. The molecule has 3 nitrogen and oxygen atoms in total. The van der Waals surface area contributed by atoms with Crippen molar-refractivity contribution >= 4 is 41.5 Å². The van der Waals surface area contributed by atoms with Gasteiger partial charge in [0.2, 0.25) is 5.91 Å². The molecule has 0 spiro atoms. The number of amides is 1. The van der Waals surface area contributed by atoms with Crippen LogP contribution in [0.2, 0.25) is 10.0 Å². The Balaban J connectivity index is 0.00000176. The van der Waals surface area contributed by atoms with E-state index in [2.05, 4.69) is 10.6 Å². The lowest BCUT2D eigenvalue weighted by Gasteiger charge is -2.22. The van der Waals surface area contributed by atoms with Crippen LogP contribution in [-0.2, 0) is 4.79 Å². The first-order valence-corrected chi connectivity index (χ1v) is 8.34. The van der Waals surface area contributed by atoms with Crippen molar-refractivity contribution in [3.05, 3.63) is 33.8 Å². The predicted molar refractivity (Wildman–Crippen MR) is 93.2 cm³/mol. The molecule has 6 heteroatoms. The van der Waals surface area contributed by atoms with Crippen molar-refractivity contribution in [1.29, 1.82) is 0 Å². The number of carbonyl (C=O) groups is 1. The first-order chi connectivity index (χ1) is 10.1. The molecule has 1 heterocycles. The smallest absolute Gasteiger partial charge is 0.223 e. The van der Waals surface area contributed by atoms with E-state index < -0.39 is 0 Å². The molecule has 122 valence electrons. The largest absolute Gasteiger partial charge is 0.356 e. The lowest BCUT2D eigenvalue weighted by Crippen LogP contribution is -2.38. The lowest BCUT2D eigenvalue weighted by atomic mass is 9.99. The minimum atomic E-state index is 0. The maximum absolute atomic E-state index is 12.2. The third-order valence-electron chi connectivity index (χ3n) is 4.45. The van der Waals surface area contributed by atoms with Gasteiger partial charge in [-0.2, -0.15) is 0 Å². The molecule has 1 aromatic carbocycles. The summed E-state index contributed by atoms with van der Waals surface area (Å²) in [6.07, 6.45) is 3.29. The zero-order chi connectivity index (χ0) is 14.8. The third kappa shape index (κ3) is 4.29. The summed E-state index contributed by atoms with van der Waals surface area (Å²) in [5.41, 5.74) is 1.04. The highest BCUT2D eigenvalue weighted by molar-refractivity contribution is 6.35. The molecule has 1 saturated heterocycles. The summed E-state index contributed by atoms with van der Waals surface area (Å²) < 4.78 is 0. The summed E-state index contributed by atoms with van der Waals surface area (Å²) in [6.45, 7) is 2.89. The molecule has 1 aromatic rings. The molecule has 2 fully saturated rings. The van der Waals surface area contributed by atoms with E-state index in [1.54, 1.807) is 6.07 Å². The SMILES string of the molecule is Cl.O=C(NCC1CCCNC1)C1CC1c1ccc(Cl)cc1Cl. The van der Waals surface area contributed by atoms with Crippen LogP contribution in [0.4, 0.5) is 0 Å². The number of hydrogen-bond acceptors (Lipinski definition) is 2. The van der Waals surface area contributed by atoms with Gasteiger partial charge in [0.15, 0.2) is 0 Å². The van der Waals surface area contributed by atoms with Gasteiger partial charge in [0.1, 0.15) is 0 Å². The molecule has 3 rings (SSSR count). The molecule has 1 saturated carbocycles. The van der Waals surface area contributed by atoms with E-state index in [9.17, 15) is 4.79 Å². The molecule has 1 aliphatic carbocycles. The Morgan fingerprint density at radius 2 is 2.18 bits per heavy atom. The quantitative estimate of drug-likeness (QED) is 0.857. The lowest BCUT2D eigenvalue weighted by molar-refractivity contribution is -0.122. The van der Waals surface area contributed by atoms with Gasteiger partial charge in [-0.1, -0.05) is 29.3 Å². The van der Waals surface area contributed by atoms with E-state index in [-0.39, 0.29) is 30.2 Å². The topological polar surface area (TPSA) is 41.1 Å². The summed E-state index contributed by atoms with van der Waals surface area (Å²) >= 11 is 12.1. The van der Waals surface area contributed by atoms with Crippen LogP contribution in [0, 0.1) is 11.8 Å². The Bertz CT molecular complexity index is 532. The van der Waals surface area contributed by atoms with Crippen LogP contribution in [0.1, 0.15) is 30.7 Å². The van der Waals surface area contributed by atoms with Crippen molar-refractivity contribution in [1.82, 2.24) is 10.6 Å². The van der Waals surface area contributed by atoms with Gasteiger partial charge in [-0.3, -0.25) is 4.79 Å². The van der Waals surface area contributed by atoms with Gasteiger partial charge < -0.3 is 10.6 Å². The second kappa shape index (κ2) is 7.87. The summed E-state index contributed by atoms with van der Waals surface area (Å²) in [4.78, 5) is 12.2. The molecule has 1 amide bonds. The Morgan fingerprint density at radius 3 is 2.86 bits per heavy atom. The molecular formula is C16H21Cl3N2O. The van der Waals surface area contributed by atoms with Crippen LogP contribution in [0.3, 0.4) is 0 Å². The van der Waals surface area contributed by atoms with Gasteiger partial charge in [0, 0.05) is 22.5 Å². The van der Waals surface area contributed by atoms with Crippen molar-refractivity contribution in [2.45, 2.75) is 25.2 Å². The molecule has 2 aliphatic rings. The fraction of sp³-hybridized carbons (Fsp3) is 0.562. The van der Waals surface area contributed by atoms with Crippen molar-refractivity contribution in [3.63, 3.8) is 0 Å². The van der Waals surface area contributed by atoms with Crippen LogP contribution in [0.15, 0.2) is 18.2 Å². The van der Waals surface area contributed by atoms with E-state index in [0.717, 1.165) is 31.6 Å². The standard InChI is InChI=1S/C16H20Cl2N2O.ClH/c17-11-3-4-12(15(18)6-11)13-7-14(13)16(21)20-9-10-2-1-5-19-8-10;/h3-4,6,10,13-14,19H,1-2,5,7-9H2,(H,20,21);1H. The van der Waals surface area contributed by atoms with Crippen molar-refractivity contribution in [2.24, 2.45) is 11.8 Å². The molecular weight excluding hydrogens is 343 g/mol. The van der Waals surface area contributed by atoms with E-state index in [1.807, 2.05) is 12.1 Å². The zero-order valence-electron chi connectivity index (χ0n) is 12.3. The minimum Gasteiger partial charge on any atom is -0.356 e. The molecule has 0 bridgehead atoms. The molecule has 0 radical (unpaired) electrons. The minimum absolute atomic E-state index is 0. The van der Waals surface area contributed by atoms with Gasteiger partial charge in [0.25, 0.3) is 0 Å². The highest BCUT2D eigenvalue weighted by Gasteiger charge is 2.44. The number of piperidine rings is 1. The number of nitrogens with one attached hydrogen (secondary N) is 2. The van der Waals surface area contributed by atoms with Crippen LogP contribution < -0.4 is 10.6 Å². The Morgan fingerprint density at radius 1 is 1.36 bits per heavy atom. The highest BCUT2D eigenvalue weighted by Crippen LogP contribution is 2.50. The van der Waals surface area contributed by atoms with E-state index in [4.69, 9.17) is 23.2 Å². The number of benzene rings is 1. The average molecular weight is 364 g/mol. The van der Waals surface area contributed by atoms with Gasteiger partial charge in [-0.15, -0.1) is 12.4 Å². The van der Waals surface area contributed by atoms with E-state index >= 15 is 0 Å². The van der Waals surface area contributed by atoms with Crippen molar-refractivity contribution in [3.8, 4) is 0 Å². The van der Waals surface area contributed by atoms with E-state index in [1.165, 1.54) is 12.8 Å². The predicted octanol–water partition coefficient (Wildman–Crippen LogP) is 3.63. The number of rotatable bonds is 4. The monoisotopic (exact) mass is 362 g/mol. The van der Waals surface area contributed by atoms with Gasteiger partial charge in [-0.25, -0.2) is 0 Å². The van der Waals surface area contributed by atoms with Crippen molar-refractivity contribution < 1.29 is 4.79 Å². The molecule has 0 aromatic heterocycles. The fourth-order valence-electron chi connectivity index (χ4n) is 3.10. The maximum Gasteiger partial charge on any atom is 0.223 e. The molecule has 2 N–H and O–H groups in total. The number of carbonyl (C=O) groups excluding carboxylic acids is 1. The number of hydrogen-bond donors (Lipinski definition) is 2. The van der Waals surface area contributed by atoms with Crippen LogP contribution in [0.5, 0.6) is 0 Å². The van der Waals surface area contributed by atoms with Crippen LogP contribution >= 0.6 is 35.6 Å². The summed E-state index contributed by atoms with van der Waals surface area (Å²) in [5.74, 6) is 1.05. The van der Waals surface area contributed by atoms with Crippen LogP contribution in [-0.4, -0.2) is 25.5 Å². The first-order valence-electron chi connectivity index (χ1n) is 7.58. The Labute approximate surface area is 147 Å². The van der Waals surface area contributed by atoms with E-state index in [0.29, 0.717) is 16.0 Å². The second-order valence-electron chi connectivity index (χ2n) is 6.07. The molecule has 22 heavy (non-hydrogen) atoms. The van der Waals surface area contributed by atoms with Gasteiger partial charge >= 0.3 is 0 Å². The van der Waals surface area contributed by atoms with Crippen molar-refractivity contribution in [2.75, 3.05) is 19.6 Å². The average Bonchev–Trinajstić information content (AvgIpc) is 3.26. The Kier molecular flexibility index (Phi) is 6.39. The maximum atomic E-state index is 12.2. The summed E-state index contributed by atoms with van der Waals surface area (Å²) in [5, 5.41) is 7.77. The summed E-state index contributed by atoms with van der Waals surface area (Å²) in [6, 6.07) is 5.52. The number of halogens is 3. The summed E-state index contributed by atoms with van der Waals surface area (Å²) in [7, 11) is 0. The third-order valence-corrected chi connectivity index (χ3v) is 5.02. The van der Waals surface area contributed by atoms with Crippen LogP contribution in [0.25, 0.3) is 0 Å². The highest BCUT2D eigenvalue weighted by atomic mass is 35.5. The van der Waals surface area contributed by atoms with Gasteiger partial charge in [0.05, 0.1) is 0 Å². The Hall–Kier alpha value is -0.480. The molecule has 3 unspecified atom stereocenters. The molecule has 3 atom stereocenters. The fourth-order valence-corrected chi connectivity index (χ4v) is 3.65. The van der Waals surface area contributed by atoms with Gasteiger partial charge in [-0.05, 0) is 61.9 Å². The molecule has 1 aliphatic heterocycles. The normalized spacial score (nSPS) is 26.9. The zero-order valence-corrected chi connectivity index (χ0v) is 14.6.